The SMILES string of the molecule is OC1=C(O)N=C(c2nccc3ccccc23)N(C2CCCCC2)C1. The van der Waals surface area contributed by atoms with Crippen molar-refractivity contribution in [1.82, 2.24) is 9.88 Å². The average molecular weight is 323 g/mol. The van der Waals surface area contributed by atoms with E-state index >= 15 is 0 Å². The van der Waals surface area contributed by atoms with Crippen molar-refractivity contribution in [3.8, 4) is 0 Å². The molecule has 0 bridgehead atoms. The van der Waals surface area contributed by atoms with E-state index in [9.17, 15) is 10.2 Å². The van der Waals surface area contributed by atoms with Gasteiger partial charge in [0, 0.05) is 17.6 Å². The molecule has 4 rings (SSSR count). The highest BCUT2D eigenvalue weighted by Gasteiger charge is 2.31. The number of benzene rings is 1. The van der Waals surface area contributed by atoms with Crippen LogP contribution >= 0.6 is 0 Å². The minimum Gasteiger partial charge on any atom is -0.506 e. The largest absolute Gasteiger partial charge is 0.506 e. The molecule has 5 nitrogen and oxygen atoms in total. The van der Waals surface area contributed by atoms with Crippen LogP contribution < -0.4 is 0 Å². The van der Waals surface area contributed by atoms with E-state index < -0.39 is 0 Å². The van der Waals surface area contributed by atoms with Crippen LogP contribution in [-0.4, -0.2) is 38.5 Å². The molecule has 0 spiro atoms. The Kier molecular flexibility index (Phi) is 3.84. The third-order valence-corrected chi connectivity index (χ3v) is 4.96. The normalized spacial score (nSPS) is 19.7. The first kappa shape index (κ1) is 15.0. The van der Waals surface area contributed by atoms with Crippen LogP contribution in [0.4, 0.5) is 0 Å². The quantitative estimate of drug-likeness (QED) is 0.879. The zero-order chi connectivity index (χ0) is 16.5. The van der Waals surface area contributed by atoms with Crippen molar-refractivity contribution >= 4 is 16.6 Å². The van der Waals surface area contributed by atoms with Gasteiger partial charge in [-0.05, 0) is 24.3 Å². The molecule has 24 heavy (non-hydrogen) atoms. The zero-order valence-corrected chi connectivity index (χ0v) is 13.5. The summed E-state index contributed by atoms with van der Waals surface area (Å²) in [5, 5.41) is 22.1. The summed E-state index contributed by atoms with van der Waals surface area (Å²) in [6, 6.07) is 10.3. The van der Waals surface area contributed by atoms with Crippen LogP contribution in [0.15, 0.2) is 53.2 Å². The molecule has 1 fully saturated rings. The second kappa shape index (κ2) is 6.15. The summed E-state index contributed by atoms with van der Waals surface area (Å²) in [6.45, 7) is 0.292. The number of nitrogens with zero attached hydrogens (tertiary/aromatic N) is 3. The van der Waals surface area contributed by atoms with Gasteiger partial charge in [0.2, 0.25) is 0 Å². The average Bonchev–Trinajstić information content (AvgIpc) is 2.64. The Balaban J connectivity index is 1.83. The fourth-order valence-electron chi connectivity index (χ4n) is 3.72. The lowest BCUT2D eigenvalue weighted by molar-refractivity contribution is 0.206. The first-order valence-electron chi connectivity index (χ1n) is 8.54. The molecular formula is C19H21N3O2. The first-order valence-corrected chi connectivity index (χ1v) is 8.54. The molecule has 0 amide bonds. The Morgan fingerprint density at radius 1 is 1.00 bits per heavy atom. The van der Waals surface area contributed by atoms with E-state index in [4.69, 9.17) is 0 Å². The van der Waals surface area contributed by atoms with Gasteiger partial charge in [-0.2, -0.15) is 4.99 Å². The van der Waals surface area contributed by atoms with Crippen molar-refractivity contribution < 1.29 is 10.2 Å². The van der Waals surface area contributed by atoms with Gasteiger partial charge < -0.3 is 15.1 Å². The van der Waals surface area contributed by atoms with Crippen LogP contribution in [-0.2, 0) is 0 Å². The van der Waals surface area contributed by atoms with E-state index in [1.807, 2.05) is 30.3 Å². The highest BCUT2D eigenvalue weighted by molar-refractivity contribution is 6.08. The summed E-state index contributed by atoms with van der Waals surface area (Å²) in [7, 11) is 0. The molecule has 124 valence electrons. The highest BCUT2D eigenvalue weighted by atomic mass is 16.3. The lowest BCUT2D eigenvalue weighted by Gasteiger charge is -2.37. The maximum absolute atomic E-state index is 10.0. The summed E-state index contributed by atoms with van der Waals surface area (Å²) in [6.07, 6.45) is 7.57. The third kappa shape index (κ3) is 2.60. The Bertz CT molecular complexity index is 817. The van der Waals surface area contributed by atoms with Crippen molar-refractivity contribution in [3.63, 3.8) is 0 Å². The zero-order valence-electron chi connectivity index (χ0n) is 13.5. The van der Waals surface area contributed by atoms with Crippen LogP contribution in [0.1, 0.15) is 37.8 Å². The molecule has 1 aliphatic carbocycles. The van der Waals surface area contributed by atoms with Gasteiger partial charge >= 0.3 is 0 Å². The number of amidine groups is 1. The molecule has 2 N–H and O–H groups in total. The van der Waals surface area contributed by atoms with E-state index in [1.165, 1.54) is 19.3 Å². The van der Waals surface area contributed by atoms with Crippen molar-refractivity contribution in [1.29, 1.82) is 0 Å². The molecule has 5 heteroatoms. The molecule has 0 unspecified atom stereocenters. The number of pyridine rings is 1. The molecular weight excluding hydrogens is 302 g/mol. The highest BCUT2D eigenvalue weighted by Crippen LogP contribution is 2.29. The molecule has 1 aromatic heterocycles. The summed E-state index contributed by atoms with van der Waals surface area (Å²) >= 11 is 0. The van der Waals surface area contributed by atoms with E-state index in [-0.39, 0.29) is 11.6 Å². The molecule has 2 aromatic rings. The van der Waals surface area contributed by atoms with Gasteiger partial charge in [0.25, 0.3) is 5.88 Å². The molecule has 1 aromatic carbocycles. The lowest BCUT2D eigenvalue weighted by Crippen LogP contribution is -2.45. The number of aliphatic hydroxyl groups excluding tert-OH is 2. The minimum atomic E-state index is -0.299. The monoisotopic (exact) mass is 323 g/mol. The minimum absolute atomic E-state index is 0.0652. The van der Waals surface area contributed by atoms with Crippen molar-refractivity contribution in [2.75, 3.05) is 6.54 Å². The summed E-state index contributed by atoms with van der Waals surface area (Å²) in [5.74, 6) is 0.297. The molecule has 2 heterocycles. The van der Waals surface area contributed by atoms with Crippen molar-refractivity contribution in [3.05, 3.63) is 53.9 Å². The van der Waals surface area contributed by atoms with Gasteiger partial charge in [-0.3, -0.25) is 4.98 Å². The van der Waals surface area contributed by atoms with Gasteiger partial charge in [-0.25, -0.2) is 0 Å². The Morgan fingerprint density at radius 2 is 1.79 bits per heavy atom. The number of hydrogen-bond acceptors (Lipinski definition) is 5. The summed E-state index contributed by atoms with van der Waals surface area (Å²) in [4.78, 5) is 11.0. The lowest BCUT2D eigenvalue weighted by atomic mass is 9.93. The second-order valence-electron chi connectivity index (χ2n) is 6.51. The summed E-state index contributed by atoms with van der Waals surface area (Å²) < 4.78 is 0. The Morgan fingerprint density at radius 3 is 2.62 bits per heavy atom. The smallest absolute Gasteiger partial charge is 0.253 e. The fraction of sp³-hybridized carbons (Fsp3) is 0.368. The number of aromatic nitrogens is 1. The van der Waals surface area contributed by atoms with Gasteiger partial charge in [-0.1, -0.05) is 43.5 Å². The topological polar surface area (TPSA) is 69.0 Å². The number of aliphatic imine (C=N–C) groups is 1. The van der Waals surface area contributed by atoms with E-state index in [0.29, 0.717) is 18.4 Å². The molecule has 1 saturated carbocycles. The van der Waals surface area contributed by atoms with E-state index in [0.717, 1.165) is 29.3 Å². The van der Waals surface area contributed by atoms with Crippen LogP contribution in [0.5, 0.6) is 0 Å². The third-order valence-electron chi connectivity index (χ3n) is 4.96. The first-order chi connectivity index (χ1) is 11.7. The van der Waals surface area contributed by atoms with Gasteiger partial charge in [0.15, 0.2) is 11.6 Å². The predicted molar refractivity (Wildman–Crippen MR) is 94.1 cm³/mol. The van der Waals surface area contributed by atoms with Crippen molar-refractivity contribution in [2.45, 2.75) is 38.1 Å². The van der Waals surface area contributed by atoms with E-state index in [2.05, 4.69) is 14.9 Å². The summed E-state index contributed by atoms with van der Waals surface area (Å²) in [5.41, 5.74) is 0.762. The van der Waals surface area contributed by atoms with Crippen molar-refractivity contribution in [2.24, 2.45) is 4.99 Å². The Hall–Kier alpha value is -2.56. The molecule has 0 atom stereocenters. The number of aliphatic hydroxyl groups is 2. The maximum atomic E-state index is 10.0. The van der Waals surface area contributed by atoms with Gasteiger partial charge in [-0.15, -0.1) is 0 Å². The standard InChI is InChI=1S/C19H21N3O2/c23-16-12-22(14-7-2-1-3-8-14)18(21-19(16)24)17-15-9-5-4-6-13(15)10-11-20-17/h4-6,9-11,14,23-24H,1-3,7-8,12H2. The van der Waals surface area contributed by atoms with Crippen LogP contribution in [0.3, 0.4) is 0 Å². The molecule has 0 radical (unpaired) electrons. The predicted octanol–water partition coefficient (Wildman–Crippen LogP) is 3.91. The van der Waals surface area contributed by atoms with Crippen LogP contribution in [0.25, 0.3) is 10.8 Å². The Labute approximate surface area is 141 Å². The van der Waals surface area contributed by atoms with E-state index in [1.54, 1.807) is 6.20 Å². The fourth-order valence-corrected chi connectivity index (χ4v) is 3.72. The number of rotatable bonds is 2. The second-order valence-corrected chi connectivity index (χ2v) is 6.51. The van der Waals surface area contributed by atoms with Gasteiger partial charge in [0.05, 0.1) is 6.54 Å². The maximum Gasteiger partial charge on any atom is 0.253 e. The molecule has 0 saturated heterocycles. The number of hydrogen-bond donors (Lipinski definition) is 2. The van der Waals surface area contributed by atoms with Gasteiger partial charge in [0.1, 0.15) is 5.69 Å². The van der Waals surface area contributed by atoms with Crippen LogP contribution in [0, 0.1) is 0 Å². The van der Waals surface area contributed by atoms with Crippen LogP contribution in [0.2, 0.25) is 0 Å². The number of fused-ring (bicyclic) bond motifs is 1. The molecule has 2 aliphatic rings. The molecule has 1 aliphatic heterocycles.